The van der Waals surface area contributed by atoms with E-state index in [1.165, 1.54) is 25.9 Å². The molecule has 1 saturated heterocycles. The fraction of sp³-hybridized carbons (Fsp3) is 0.533. The Morgan fingerprint density at radius 3 is 2.95 bits per heavy atom. The van der Waals surface area contributed by atoms with Gasteiger partial charge in [0.2, 0.25) is 0 Å². The average molecular weight is 278 g/mol. The number of para-hydroxylation sites is 1. The lowest BCUT2D eigenvalue weighted by atomic mass is 10.1. The van der Waals surface area contributed by atoms with E-state index in [1.807, 2.05) is 24.3 Å². The normalized spacial score (nSPS) is 19.5. The number of hydrogen-bond donors (Lipinski definition) is 1. The maximum atomic E-state index is 5.82. The average Bonchev–Trinajstić information content (AvgIpc) is 2.87. The first-order valence-electron chi connectivity index (χ1n) is 6.94. The minimum absolute atomic E-state index is 0.391. The summed E-state index contributed by atoms with van der Waals surface area (Å²) in [7, 11) is 0. The van der Waals surface area contributed by atoms with Gasteiger partial charge in [0.25, 0.3) is 0 Å². The van der Waals surface area contributed by atoms with Crippen LogP contribution in [0.2, 0.25) is 0 Å². The van der Waals surface area contributed by atoms with Gasteiger partial charge in [-0.15, -0.1) is 0 Å². The van der Waals surface area contributed by atoms with Crippen LogP contribution < -0.4 is 10.5 Å². The van der Waals surface area contributed by atoms with Crippen molar-refractivity contribution in [1.29, 1.82) is 0 Å². The number of thiocarbonyl (C=S) groups is 1. The van der Waals surface area contributed by atoms with Gasteiger partial charge in [0.05, 0.1) is 5.56 Å². The van der Waals surface area contributed by atoms with Crippen LogP contribution in [0.15, 0.2) is 24.3 Å². The van der Waals surface area contributed by atoms with Gasteiger partial charge >= 0.3 is 0 Å². The minimum Gasteiger partial charge on any atom is -0.492 e. The summed E-state index contributed by atoms with van der Waals surface area (Å²) in [4.78, 5) is 2.86. The molecule has 19 heavy (non-hydrogen) atoms. The van der Waals surface area contributed by atoms with Crippen LogP contribution in [0.3, 0.4) is 0 Å². The molecule has 2 rings (SSSR count). The number of likely N-dealkylation sites (tertiary alicyclic amines) is 1. The molecule has 1 heterocycles. The fourth-order valence-electron chi connectivity index (χ4n) is 2.53. The number of nitrogens with two attached hydrogens (primary N) is 1. The number of rotatable bonds is 6. The summed E-state index contributed by atoms with van der Waals surface area (Å²) >= 11 is 5.03. The van der Waals surface area contributed by atoms with Crippen LogP contribution in [0.4, 0.5) is 0 Å². The van der Waals surface area contributed by atoms with Crippen LogP contribution in [0, 0.1) is 5.92 Å². The Kier molecular flexibility index (Phi) is 5.16. The number of ether oxygens (including phenoxy) is 1. The standard InChI is InChI=1S/C15H22N2OS/c1-2-12-7-8-17(11-12)9-10-18-14-6-4-3-5-13(14)15(16)19/h3-6,12H,2,7-11H2,1H3,(H2,16,19). The van der Waals surface area contributed by atoms with Gasteiger partial charge in [0.15, 0.2) is 0 Å². The van der Waals surface area contributed by atoms with Crippen LogP contribution in [0.25, 0.3) is 0 Å². The molecule has 1 aromatic carbocycles. The molecule has 0 bridgehead atoms. The molecule has 1 unspecified atom stereocenters. The molecule has 1 fully saturated rings. The summed E-state index contributed by atoms with van der Waals surface area (Å²) in [5.74, 6) is 1.66. The Morgan fingerprint density at radius 1 is 1.47 bits per heavy atom. The highest BCUT2D eigenvalue weighted by molar-refractivity contribution is 7.80. The molecule has 0 aromatic heterocycles. The van der Waals surface area contributed by atoms with E-state index in [1.54, 1.807) is 0 Å². The van der Waals surface area contributed by atoms with E-state index in [0.29, 0.717) is 11.6 Å². The Morgan fingerprint density at radius 2 is 2.26 bits per heavy atom. The highest BCUT2D eigenvalue weighted by atomic mass is 32.1. The van der Waals surface area contributed by atoms with E-state index in [4.69, 9.17) is 22.7 Å². The molecule has 0 radical (unpaired) electrons. The van der Waals surface area contributed by atoms with E-state index in [2.05, 4.69) is 11.8 Å². The smallest absolute Gasteiger partial charge is 0.129 e. The highest BCUT2D eigenvalue weighted by Gasteiger charge is 2.20. The van der Waals surface area contributed by atoms with Gasteiger partial charge < -0.3 is 10.5 Å². The van der Waals surface area contributed by atoms with Crippen molar-refractivity contribution in [2.75, 3.05) is 26.2 Å². The second-order valence-electron chi connectivity index (χ2n) is 5.07. The topological polar surface area (TPSA) is 38.5 Å². The summed E-state index contributed by atoms with van der Waals surface area (Å²) in [5.41, 5.74) is 6.51. The zero-order valence-corrected chi connectivity index (χ0v) is 12.3. The molecule has 2 N–H and O–H groups in total. The zero-order chi connectivity index (χ0) is 13.7. The first kappa shape index (κ1) is 14.3. The number of nitrogens with zero attached hydrogens (tertiary/aromatic N) is 1. The fourth-order valence-corrected chi connectivity index (χ4v) is 2.70. The molecular weight excluding hydrogens is 256 g/mol. The summed E-state index contributed by atoms with van der Waals surface area (Å²) in [6.07, 6.45) is 2.60. The van der Waals surface area contributed by atoms with Crippen LogP contribution in [0.5, 0.6) is 5.75 Å². The van der Waals surface area contributed by atoms with Gasteiger partial charge in [-0.3, -0.25) is 4.90 Å². The summed E-state index contributed by atoms with van der Waals surface area (Å²) in [5, 5.41) is 0. The first-order valence-corrected chi connectivity index (χ1v) is 7.35. The van der Waals surface area contributed by atoms with E-state index < -0.39 is 0 Å². The Labute approximate surface area is 120 Å². The third-order valence-electron chi connectivity index (χ3n) is 3.76. The van der Waals surface area contributed by atoms with Crippen LogP contribution in [0.1, 0.15) is 25.3 Å². The lowest BCUT2D eigenvalue weighted by Crippen LogP contribution is -2.26. The maximum absolute atomic E-state index is 5.82. The van der Waals surface area contributed by atoms with Crippen molar-refractivity contribution >= 4 is 17.2 Å². The lowest BCUT2D eigenvalue weighted by molar-refractivity contribution is 0.232. The van der Waals surface area contributed by atoms with Crippen molar-refractivity contribution in [2.45, 2.75) is 19.8 Å². The Hall–Kier alpha value is -1.13. The predicted octanol–water partition coefficient (Wildman–Crippen LogP) is 2.43. The summed E-state index contributed by atoms with van der Waals surface area (Å²) in [6, 6.07) is 7.70. The van der Waals surface area contributed by atoms with E-state index in [-0.39, 0.29) is 0 Å². The maximum Gasteiger partial charge on any atom is 0.129 e. The van der Waals surface area contributed by atoms with Gasteiger partial charge in [-0.2, -0.15) is 0 Å². The van der Waals surface area contributed by atoms with Crippen LogP contribution >= 0.6 is 12.2 Å². The van der Waals surface area contributed by atoms with E-state index >= 15 is 0 Å². The van der Waals surface area contributed by atoms with Crippen molar-refractivity contribution in [3.63, 3.8) is 0 Å². The molecule has 0 aliphatic carbocycles. The molecule has 1 atom stereocenters. The van der Waals surface area contributed by atoms with Crippen molar-refractivity contribution in [1.82, 2.24) is 4.90 Å². The molecule has 1 aliphatic rings. The molecule has 1 aromatic rings. The summed E-state index contributed by atoms with van der Waals surface area (Å²) in [6.45, 7) is 6.33. The Balaban J connectivity index is 1.82. The molecule has 0 saturated carbocycles. The molecule has 0 amide bonds. The van der Waals surface area contributed by atoms with Crippen molar-refractivity contribution < 1.29 is 4.74 Å². The largest absolute Gasteiger partial charge is 0.492 e. The van der Waals surface area contributed by atoms with Crippen molar-refractivity contribution in [3.05, 3.63) is 29.8 Å². The summed E-state index contributed by atoms with van der Waals surface area (Å²) < 4.78 is 5.82. The number of benzene rings is 1. The van der Waals surface area contributed by atoms with Gasteiger partial charge in [0, 0.05) is 13.1 Å². The van der Waals surface area contributed by atoms with E-state index in [0.717, 1.165) is 23.8 Å². The van der Waals surface area contributed by atoms with E-state index in [9.17, 15) is 0 Å². The molecule has 4 heteroatoms. The van der Waals surface area contributed by atoms with Crippen molar-refractivity contribution in [2.24, 2.45) is 11.7 Å². The zero-order valence-electron chi connectivity index (χ0n) is 11.5. The monoisotopic (exact) mass is 278 g/mol. The quantitative estimate of drug-likeness (QED) is 0.811. The lowest BCUT2D eigenvalue weighted by Gasteiger charge is -2.17. The molecular formula is C15H22N2OS. The molecule has 3 nitrogen and oxygen atoms in total. The van der Waals surface area contributed by atoms with Crippen molar-refractivity contribution in [3.8, 4) is 5.75 Å². The van der Waals surface area contributed by atoms with Gasteiger partial charge in [-0.25, -0.2) is 0 Å². The third-order valence-corrected chi connectivity index (χ3v) is 3.98. The minimum atomic E-state index is 0.391. The van der Waals surface area contributed by atoms with Crippen LogP contribution in [-0.4, -0.2) is 36.1 Å². The highest BCUT2D eigenvalue weighted by Crippen LogP contribution is 2.20. The second-order valence-corrected chi connectivity index (χ2v) is 5.51. The molecule has 104 valence electrons. The predicted molar refractivity (Wildman–Crippen MR) is 82.7 cm³/mol. The van der Waals surface area contributed by atoms with Gasteiger partial charge in [-0.1, -0.05) is 37.7 Å². The van der Waals surface area contributed by atoms with Gasteiger partial charge in [-0.05, 0) is 31.0 Å². The SMILES string of the molecule is CCC1CCN(CCOc2ccccc2C(N)=S)C1. The van der Waals surface area contributed by atoms with Crippen LogP contribution in [-0.2, 0) is 0 Å². The van der Waals surface area contributed by atoms with Gasteiger partial charge in [0.1, 0.15) is 17.3 Å². The molecule has 1 aliphatic heterocycles. The first-order chi connectivity index (χ1) is 9.20. The third kappa shape index (κ3) is 3.91. The second kappa shape index (κ2) is 6.87. The Bertz CT molecular complexity index is 436. The molecule has 0 spiro atoms. The number of hydrogen-bond acceptors (Lipinski definition) is 3.